The predicted molar refractivity (Wildman–Crippen MR) is 43.5 cm³/mol. The molecule has 2 nitrogen and oxygen atoms in total. The van der Waals surface area contributed by atoms with E-state index in [-0.39, 0.29) is 0 Å². The number of rotatable bonds is 3. The third-order valence-corrected chi connectivity index (χ3v) is 1.37. The average molecular weight is 259 g/mol. The monoisotopic (exact) mass is 259 g/mol. The second-order valence-electron chi connectivity index (χ2n) is 2.86. The van der Waals surface area contributed by atoms with Crippen molar-refractivity contribution >= 4 is 0 Å². The van der Waals surface area contributed by atoms with Gasteiger partial charge >= 0.3 is 12.5 Å². The normalized spacial score (nSPS) is 12.4. The van der Waals surface area contributed by atoms with E-state index in [9.17, 15) is 26.3 Å². The number of ether oxygens (including phenoxy) is 2. The van der Waals surface area contributed by atoms with Gasteiger partial charge in [0.05, 0.1) is 0 Å². The second-order valence-corrected chi connectivity index (χ2v) is 2.86. The summed E-state index contributed by atoms with van der Waals surface area (Å²) in [7, 11) is 0. The third kappa shape index (κ3) is 5.88. The van der Waals surface area contributed by atoms with E-state index < -0.39 is 30.6 Å². The molecule has 0 N–H and O–H groups in total. The Balaban J connectivity index is 2.66. The van der Waals surface area contributed by atoms with Gasteiger partial charge in [-0.05, 0) is 18.2 Å². The first-order valence-electron chi connectivity index (χ1n) is 4.12. The largest absolute Gasteiger partial charge is 0.573 e. The summed E-state index contributed by atoms with van der Waals surface area (Å²) in [4.78, 5) is 0. The van der Waals surface area contributed by atoms with Crippen LogP contribution in [0.3, 0.4) is 0 Å². The molecule has 17 heavy (non-hydrogen) atoms. The lowest BCUT2D eigenvalue weighted by atomic mass is 10.3. The van der Waals surface area contributed by atoms with Gasteiger partial charge in [0.25, 0.3) is 0 Å². The van der Waals surface area contributed by atoms with E-state index in [0.717, 1.165) is 12.1 Å². The molecule has 0 saturated carbocycles. The molecule has 1 aromatic rings. The van der Waals surface area contributed by atoms with Crippen molar-refractivity contribution in [1.29, 1.82) is 0 Å². The van der Waals surface area contributed by atoms with Gasteiger partial charge < -0.3 is 9.47 Å². The Labute approximate surface area is 91.7 Å². The highest BCUT2D eigenvalue weighted by molar-refractivity contribution is 5.32. The van der Waals surface area contributed by atoms with E-state index in [1.165, 1.54) is 0 Å². The molecule has 0 atom stereocenters. The van der Waals surface area contributed by atoms with Crippen molar-refractivity contribution in [2.24, 2.45) is 0 Å². The van der Waals surface area contributed by atoms with Crippen molar-refractivity contribution in [3.05, 3.63) is 24.3 Å². The van der Waals surface area contributed by atoms with E-state index in [1.807, 2.05) is 0 Å². The van der Waals surface area contributed by atoms with E-state index in [2.05, 4.69) is 15.5 Å². The molecular weight excluding hydrogens is 254 g/mol. The van der Waals surface area contributed by atoms with E-state index in [4.69, 9.17) is 0 Å². The highest BCUT2D eigenvalue weighted by Gasteiger charge is 2.31. The standard InChI is InChI=1S/C9H5F6O2/c10-8(11,12)5-16-6-2-1-3-7(4-6)17-9(13,14)15/h2-4H,5H2. The van der Waals surface area contributed by atoms with Crippen LogP contribution in [0, 0.1) is 6.07 Å². The fourth-order valence-corrected chi connectivity index (χ4v) is 0.871. The van der Waals surface area contributed by atoms with Gasteiger partial charge in [-0.15, -0.1) is 13.2 Å². The number of halogens is 6. The lowest BCUT2D eigenvalue weighted by Gasteiger charge is -2.11. The first-order chi connectivity index (χ1) is 7.66. The van der Waals surface area contributed by atoms with Crippen LogP contribution in [-0.4, -0.2) is 19.1 Å². The average Bonchev–Trinajstić information content (AvgIpc) is 2.11. The van der Waals surface area contributed by atoms with Gasteiger partial charge in [0.2, 0.25) is 0 Å². The molecule has 8 heteroatoms. The van der Waals surface area contributed by atoms with Crippen LogP contribution < -0.4 is 9.47 Å². The Kier molecular flexibility index (Phi) is 3.74. The maximum absolute atomic E-state index is 11.8. The molecule has 95 valence electrons. The third-order valence-electron chi connectivity index (χ3n) is 1.37. The minimum atomic E-state index is -4.92. The van der Waals surface area contributed by atoms with Crippen molar-refractivity contribution in [3.63, 3.8) is 0 Å². The van der Waals surface area contributed by atoms with Crippen molar-refractivity contribution < 1.29 is 35.8 Å². The summed E-state index contributed by atoms with van der Waals surface area (Å²) in [5.41, 5.74) is 0. The van der Waals surface area contributed by atoms with Crippen LogP contribution in [0.4, 0.5) is 26.3 Å². The van der Waals surface area contributed by atoms with Gasteiger partial charge in [-0.1, -0.05) is 0 Å². The molecule has 0 bridgehead atoms. The molecule has 0 heterocycles. The lowest BCUT2D eigenvalue weighted by Crippen LogP contribution is -2.19. The molecule has 0 unspecified atom stereocenters. The molecule has 0 amide bonds. The number of hydrogen-bond acceptors (Lipinski definition) is 2. The summed E-state index contributed by atoms with van der Waals surface area (Å²) in [5.74, 6) is -1.11. The van der Waals surface area contributed by atoms with Gasteiger partial charge in [-0.3, -0.25) is 0 Å². The molecular formula is C9H5F6O2. The van der Waals surface area contributed by atoms with Crippen LogP contribution in [0.25, 0.3) is 0 Å². The fourth-order valence-electron chi connectivity index (χ4n) is 0.871. The van der Waals surface area contributed by atoms with Crippen LogP contribution in [-0.2, 0) is 0 Å². The Bertz CT molecular complexity index is 370. The molecule has 1 rings (SSSR count). The van der Waals surface area contributed by atoms with E-state index >= 15 is 0 Å². The number of alkyl halides is 6. The molecule has 0 aliphatic heterocycles. The minimum absolute atomic E-state index is 0.413. The minimum Gasteiger partial charge on any atom is -0.484 e. The van der Waals surface area contributed by atoms with Gasteiger partial charge in [-0.25, -0.2) is 0 Å². The van der Waals surface area contributed by atoms with Crippen LogP contribution in [0.5, 0.6) is 11.5 Å². The summed E-state index contributed by atoms with van der Waals surface area (Å²) >= 11 is 0. The molecule has 0 spiro atoms. The van der Waals surface area contributed by atoms with Crippen molar-refractivity contribution in [2.75, 3.05) is 6.61 Å². The summed E-state index contributed by atoms with van der Waals surface area (Å²) < 4.78 is 78.4. The zero-order valence-corrected chi connectivity index (χ0v) is 8.02. The van der Waals surface area contributed by atoms with Crippen molar-refractivity contribution in [3.8, 4) is 11.5 Å². The van der Waals surface area contributed by atoms with Crippen LogP contribution in [0.2, 0.25) is 0 Å². The molecule has 0 aliphatic rings. The van der Waals surface area contributed by atoms with E-state index in [0.29, 0.717) is 6.07 Å². The molecule has 1 aromatic carbocycles. The molecule has 1 radical (unpaired) electrons. The Morgan fingerprint density at radius 2 is 1.59 bits per heavy atom. The quantitative estimate of drug-likeness (QED) is 0.775. The number of hydrogen-bond donors (Lipinski definition) is 0. The maximum Gasteiger partial charge on any atom is 0.573 e. The first kappa shape index (κ1) is 13.5. The van der Waals surface area contributed by atoms with Crippen LogP contribution >= 0.6 is 0 Å². The second kappa shape index (κ2) is 4.72. The topological polar surface area (TPSA) is 18.5 Å². The van der Waals surface area contributed by atoms with Crippen molar-refractivity contribution in [2.45, 2.75) is 12.5 Å². The van der Waals surface area contributed by atoms with Gasteiger partial charge in [-0.2, -0.15) is 13.2 Å². The lowest BCUT2D eigenvalue weighted by molar-refractivity contribution is -0.274. The van der Waals surface area contributed by atoms with E-state index in [1.54, 1.807) is 0 Å². The first-order valence-corrected chi connectivity index (χ1v) is 4.12. The SMILES string of the molecule is FC(F)(F)COc1c[c]cc(OC(F)(F)F)c1. The predicted octanol–water partition coefficient (Wildman–Crippen LogP) is 3.33. The van der Waals surface area contributed by atoms with Crippen LogP contribution in [0.15, 0.2) is 18.2 Å². The smallest absolute Gasteiger partial charge is 0.484 e. The molecule has 0 aliphatic carbocycles. The van der Waals surface area contributed by atoms with Gasteiger partial charge in [0.15, 0.2) is 6.61 Å². The van der Waals surface area contributed by atoms with Crippen molar-refractivity contribution in [1.82, 2.24) is 0 Å². The summed E-state index contributed by atoms with van der Waals surface area (Å²) in [5, 5.41) is 0. The zero-order valence-electron chi connectivity index (χ0n) is 8.02. The molecule has 0 saturated heterocycles. The Morgan fingerprint density at radius 3 is 2.12 bits per heavy atom. The van der Waals surface area contributed by atoms with Gasteiger partial charge in [0.1, 0.15) is 11.5 Å². The Morgan fingerprint density at radius 1 is 1.00 bits per heavy atom. The molecule has 0 aromatic heterocycles. The highest BCUT2D eigenvalue weighted by atomic mass is 19.4. The zero-order chi connectivity index (χ0) is 13.1. The fraction of sp³-hybridized carbons (Fsp3) is 0.333. The molecule has 0 fully saturated rings. The van der Waals surface area contributed by atoms with Crippen LogP contribution in [0.1, 0.15) is 0 Å². The maximum atomic E-state index is 11.8. The summed E-state index contributed by atoms with van der Waals surface area (Å²) in [6.07, 6.45) is -9.49. The van der Waals surface area contributed by atoms with Gasteiger partial charge in [0, 0.05) is 6.07 Å². The summed E-state index contributed by atoms with van der Waals surface area (Å²) in [6.45, 7) is -1.60. The highest BCUT2D eigenvalue weighted by Crippen LogP contribution is 2.26. The Hall–Kier alpha value is -1.60. The number of benzene rings is 1. The summed E-state index contributed by atoms with van der Waals surface area (Å²) in [6, 6.07) is 4.66.